The van der Waals surface area contributed by atoms with Gasteiger partial charge >= 0.3 is 0 Å². The van der Waals surface area contributed by atoms with Crippen LogP contribution in [0.25, 0.3) is 0 Å². The van der Waals surface area contributed by atoms with Crippen LogP contribution >= 0.6 is 0 Å². The van der Waals surface area contributed by atoms with Gasteiger partial charge < -0.3 is 5.73 Å². The third-order valence-electron chi connectivity index (χ3n) is 3.46. The lowest BCUT2D eigenvalue weighted by atomic mass is 9.95. The van der Waals surface area contributed by atoms with Gasteiger partial charge in [-0.05, 0) is 11.1 Å². The van der Waals surface area contributed by atoms with Crippen LogP contribution < -0.4 is 10.5 Å². The molecule has 0 aliphatic rings. The molecule has 0 aliphatic heterocycles. The smallest absolute Gasteiger partial charge is 0.279 e. The highest BCUT2D eigenvalue weighted by atomic mass is 32.2. The zero-order chi connectivity index (χ0) is 16.2. The molecule has 6 heteroatoms. The first kappa shape index (κ1) is 16.6. The van der Waals surface area contributed by atoms with Gasteiger partial charge in [-0.25, -0.2) is 0 Å². The Morgan fingerprint density at radius 2 is 1.36 bits per heavy atom. The Bertz CT molecular complexity index is 688. The molecular formula is C16H21N3O2S. The number of nitrogens with zero attached hydrogens (tertiary/aromatic N) is 1. The van der Waals surface area contributed by atoms with Gasteiger partial charge in [0, 0.05) is 14.1 Å². The Morgan fingerprint density at radius 1 is 0.909 bits per heavy atom. The summed E-state index contributed by atoms with van der Waals surface area (Å²) in [7, 11) is -0.626. The first-order valence-electron chi connectivity index (χ1n) is 6.97. The zero-order valence-electron chi connectivity index (χ0n) is 12.7. The number of nitrogens with one attached hydrogen (secondary N) is 1. The normalized spacial score (nSPS) is 14.7. The van der Waals surface area contributed by atoms with Crippen molar-refractivity contribution < 1.29 is 8.42 Å². The minimum Gasteiger partial charge on any atom is -0.322 e. The summed E-state index contributed by atoms with van der Waals surface area (Å²) in [4.78, 5) is 0. The van der Waals surface area contributed by atoms with Gasteiger partial charge in [-0.1, -0.05) is 60.7 Å². The molecule has 0 amide bonds. The Morgan fingerprint density at radius 3 is 1.82 bits per heavy atom. The van der Waals surface area contributed by atoms with E-state index in [4.69, 9.17) is 5.73 Å². The first-order valence-corrected chi connectivity index (χ1v) is 8.41. The fourth-order valence-corrected chi connectivity index (χ4v) is 2.96. The van der Waals surface area contributed by atoms with E-state index >= 15 is 0 Å². The molecule has 3 N–H and O–H groups in total. The summed E-state index contributed by atoms with van der Waals surface area (Å²) in [5.41, 5.74) is 8.03. The summed E-state index contributed by atoms with van der Waals surface area (Å²) in [6.45, 7) is 0. The van der Waals surface area contributed by atoms with Gasteiger partial charge in [0.2, 0.25) is 0 Å². The van der Waals surface area contributed by atoms with E-state index in [-0.39, 0.29) is 0 Å². The van der Waals surface area contributed by atoms with Gasteiger partial charge in [0.05, 0.1) is 12.1 Å². The molecule has 2 aromatic carbocycles. The van der Waals surface area contributed by atoms with E-state index < -0.39 is 22.3 Å². The lowest BCUT2D eigenvalue weighted by Gasteiger charge is -2.27. The maximum absolute atomic E-state index is 12.2. The summed E-state index contributed by atoms with van der Waals surface area (Å²) in [5, 5.41) is 0. The van der Waals surface area contributed by atoms with Crippen LogP contribution in [0.3, 0.4) is 0 Å². The molecule has 2 aromatic rings. The number of benzene rings is 2. The Balaban J connectivity index is 2.38. The average molecular weight is 319 g/mol. The summed E-state index contributed by atoms with van der Waals surface area (Å²) in [6.07, 6.45) is 0. The molecule has 0 aliphatic carbocycles. The van der Waals surface area contributed by atoms with Crippen LogP contribution in [0.5, 0.6) is 0 Å². The standard InChI is InChI=1S/C16H21N3O2S/c1-19(2)22(20,21)18-16(14-11-7-4-8-12-14)15(17)13-9-5-3-6-10-13/h3-12,15-16,18H,17H2,1-2H3/t15-,16-/m0/s1. The molecule has 2 rings (SSSR count). The molecule has 0 spiro atoms. The Kier molecular flexibility index (Phi) is 5.31. The van der Waals surface area contributed by atoms with Crippen LogP contribution in [0.2, 0.25) is 0 Å². The highest BCUT2D eigenvalue weighted by Gasteiger charge is 2.27. The van der Waals surface area contributed by atoms with Crippen molar-refractivity contribution in [3.63, 3.8) is 0 Å². The number of hydrogen-bond acceptors (Lipinski definition) is 3. The average Bonchev–Trinajstić information content (AvgIpc) is 2.53. The quantitative estimate of drug-likeness (QED) is 0.853. The third kappa shape index (κ3) is 3.92. The van der Waals surface area contributed by atoms with Crippen LogP contribution in [0.1, 0.15) is 23.2 Å². The maximum atomic E-state index is 12.2. The van der Waals surface area contributed by atoms with Crippen molar-refractivity contribution in [1.82, 2.24) is 9.03 Å². The van der Waals surface area contributed by atoms with E-state index in [0.717, 1.165) is 15.4 Å². The van der Waals surface area contributed by atoms with Crippen LogP contribution in [0.4, 0.5) is 0 Å². The molecule has 0 saturated heterocycles. The topological polar surface area (TPSA) is 75.4 Å². The second-order valence-electron chi connectivity index (χ2n) is 5.23. The molecular weight excluding hydrogens is 298 g/mol. The predicted octanol–water partition coefficient (Wildman–Crippen LogP) is 1.82. The Hall–Kier alpha value is -1.73. The lowest BCUT2D eigenvalue weighted by molar-refractivity contribution is 0.462. The van der Waals surface area contributed by atoms with Gasteiger partial charge in [0.15, 0.2) is 0 Å². The highest BCUT2D eigenvalue weighted by Crippen LogP contribution is 2.27. The van der Waals surface area contributed by atoms with Crippen LogP contribution in [-0.2, 0) is 10.2 Å². The van der Waals surface area contributed by atoms with E-state index in [2.05, 4.69) is 4.72 Å². The zero-order valence-corrected chi connectivity index (χ0v) is 13.5. The Labute approximate surface area is 131 Å². The van der Waals surface area contributed by atoms with Gasteiger partial charge in [0.1, 0.15) is 0 Å². The highest BCUT2D eigenvalue weighted by molar-refractivity contribution is 7.87. The van der Waals surface area contributed by atoms with Crippen molar-refractivity contribution in [3.8, 4) is 0 Å². The van der Waals surface area contributed by atoms with Crippen molar-refractivity contribution in [2.75, 3.05) is 14.1 Å². The van der Waals surface area contributed by atoms with E-state index in [1.165, 1.54) is 14.1 Å². The van der Waals surface area contributed by atoms with Gasteiger partial charge in [-0.2, -0.15) is 17.4 Å². The van der Waals surface area contributed by atoms with E-state index in [9.17, 15) is 8.42 Å². The number of nitrogens with two attached hydrogens (primary N) is 1. The largest absolute Gasteiger partial charge is 0.322 e. The van der Waals surface area contributed by atoms with Crippen molar-refractivity contribution in [1.29, 1.82) is 0 Å². The summed E-state index contributed by atoms with van der Waals surface area (Å²) in [5.74, 6) is 0. The number of hydrogen-bond donors (Lipinski definition) is 2. The van der Waals surface area contributed by atoms with E-state index in [1.807, 2.05) is 60.7 Å². The monoisotopic (exact) mass is 319 g/mol. The molecule has 118 valence electrons. The van der Waals surface area contributed by atoms with E-state index in [1.54, 1.807) is 0 Å². The fourth-order valence-electron chi connectivity index (χ4n) is 2.14. The molecule has 0 heterocycles. The van der Waals surface area contributed by atoms with E-state index in [0.29, 0.717) is 0 Å². The second-order valence-corrected chi connectivity index (χ2v) is 7.15. The summed E-state index contributed by atoms with van der Waals surface area (Å²) < 4.78 is 28.2. The van der Waals surface area contributed by atoms with Crippen LogP contribution in [-0.4, -0.2) is 26.8 Å². The van der Waals surface area contributed by atoms with Crippen LogP contribution in [0.15, 0.2) is 60.7 Å². The minimum absolute atomic E-state index is 0.488. The van der Waals surface area contributed by atoms with Crippen LogP contribution in [0, 0.1) is 0 Å². The third-order valence-corrected chi connectivity index (χ3v) is 4.97. The molecule has 0 saturated carbocycles. The predicted molar refractivity (Wildman–Crippen MR) is 88.3 cm³/mol. The maximum Gasteiger partial charge on any atom is 0.279 e. The van der Waals surface area contributed by atoms with Crippen molar-refractivity contribution >= 4 is 10.2 Å². The van der Waals surface area contributed by atoms with Gasteiger partial charge in [-0.15, -0.1) is 0 Å². The number of rotatable bonds is 6. The molecule has 0 unspecified atom stereocenters. The van der Waals surface area contributed by atoms with Crippen molar-refractivity contribution in [3.05, 3.63) is 71.8 Å². The molecule has 0 bridgehead atoms. The molecule has 0 fully saturated rings. The van der Waals surface area contributed by atoms with Gasteiger partial charge in [-0.3, -0.25) is 0 Å². The second kappa shape index (κ2) is 7.02. The summed E-state index contributed by atoms with van der Waals surface area (Å²) in [6, 6.07) is 17.8. The molecule has 0 radical (unpaired) electrons. The van der Waals surface area contributed by atoms with Crippen molar-refractivity contribution in [2.24, 2.45) is 5.73 Å². The lowest BCUT2D eigenvalue weighted by Crippen LogP contribution is -2.41. The molecule has 0 aromatic heterocycles. The first-order chi connectivity index (χ1) is 10.4. The minimum atomic E-state index is -3.60. The summed E-state index contributed by atoms with van der Waals surface area (Å²) >= 11 is 0. The van der Waals surface area contributed by atoms with Crippen molar-refractivity contribution in [2.45, 2.75) is 12.1 Å². The molecule has 22 heavy (non-hydrogen) atoms. The molecule has 5 nitrogen and oxygen atoms in total. The van der Waals surface area contributed by atoms with Gasteiger partial charge in [0.25, 0.3) is 10.2 Å². The fraction of sp³-hybridized carbons (Fsp3) is 0.250. The SMILES string of the molecule is CN(C)S(=O)(=O)N[C@@H](c1ccccc1)[C@@H](N)c1ccccc1. The molecule has 2 atom stereocenters.